The molecule has 3 rings (SSSR count). The summed E-state index contributed by atoms with van der Waals surface area (Å²) in [5.41, 5.74) is 2.51. The average Bonchev–Trinajstić information content (AvgIpc) is 2.82. The number of nitriles is 1. The summed E-state index contributed by atoms with van der Waals surface area (Å²) in [6.07, 6.45) is 1.51. The molecule has 1 atom stereocenters. The minimum absolute atomic E-state index is 0.0103. The van der Waals surface area contributed by atoms with Gasteiger partial charge < -0.3 is 15.2 Å². The summed E-state index contributed by atoms with van der Waals surface area (Å²) in [5, 5.41) is 21.4. The molecule has 33 heavy (non-hydrogen) atoms. The molecule has 7 heteroatoms. The highest BCUT2D eigenvalue weighted by Crippen LogP contribution is 2.28. The standard InChI is InChI=1S/C26H21BrN2O4/c1-17(20-7-3-2-4-8-20)29-25(30)22(15-28)12-18-10-11-24(23(27)14-18)33-16-19-6-5-9-21(13-19)26(31)32/h2-14,17H,16H2,1H3,(H,29,30)(H,31,32)/b22-12-/t17-/m0/s1. The predicted octanol–water partition coefficient (Wildman–Crippen LogP) is 5.51. The lowest BCUT2D eigenvalue weighted by molar-refractivity contribution is -0.117. The Morgan fingerprint density at radius 1 is 1.12 bits per heavy atom. The summed E-state index contributed by atoms with van der Waals surface area (Å²) < 4.78 is 6.43. The third-order valence-electron chi connectivity index (χ3n) is 4.85. The molecule has 0 aliphatic rings. The lowest BCUT2D eigenvalue weighted by Crippen LogP contribution is -2.27. The van der Waals surface area contributed by atoms with Gasteiger partial charge in [0.2, 0.25) is 0 Å². The zero-order chi connectivity index (χ0) is 23.8. The minimum atomic E-state index is -0.996. The quantitative estimate of drug-likeness (QED) is 0.311. The first-order valence-corrected chi connectivity index (χ1v) is 10.9. The summed E-state index contributed by atoms with van der Waals surface area (Å²) >= 11 is 3.45. The van der Waals surface area contributed by atoms with E-state index in [0.717, 1.165) is 11.1 Å². The Balaban J connectivity index is 1.68. The van der Waals surface area contributed by atoms with Crippen molar-refractivity contribution in [2.45, 2.75) is 19.6 Å². The second-order valence-electron chi connectivity index (χ2n) is 7.26. The number of carboxylic acid groups (broad SMARTS) is 1. The van der Waals surface area contributed by atoms with Crippen molar-refractivity contribution < 1.29 is 19.4 Å². The zero-order valence-corrected chi connectivity index (χ0v) is 19.4. The molecule has 0 heterocycles. The van der Waals surface area contributed by atoms with E-state index in [4.69, 9.17) is 9.84 Å². The van der Waals surface area contributed by atoms with Crippen molar-refractivity contribution >= 4 is 33.9 Å². The molecule has 6 nitrogen and oxygen atoms in total. The van der Waals surface area contributed by atoms with Gasteiger partial charge in [-0.1, -0.05) is 48.5 Å². The van der Waals surface area contributed by atoms with Crippen LogP contribution in [0.15, 0.2) is 82.8 Å². The number of hydrogen-bond acceptors (Lipinski definition) is 4. The Kier molecular flexibility index (Phi) is 8.01. The van der Waals surface area contributed by atoms with Crippen LogP contribution in [0, 0.1) is 11.3 Å². The van der Waals surface area contributed by atoms with Crippen LogP contribution in [0.25, 0.3) is 6.08 Å². The number of carbonyl (C=O) groups is 2. The molecular weight excluding hydrogens is 484 g/mol. The summed E-state index contributed by atoms with van der Waals surface area (Å²) in [4.78, 5) is 23.7. The molecule has 0 bridgehead atoms. The van der Waals surface area contributed by atoms with Crippen LogP contribution in [-0.2, 0) is 11.4 Å². The van der Waals surface area contributed by atoms with E-state index in [2.05, 4.69) is 21.2 Å². The van der Waals surface area contributed by atoms with Crippen molar-refractivity contribution in [2.24, 2.45) is 0 Å². The molecule has 0 unspecified atom stereocenters. The van der Waals surface area contributed by atoms with Crippen LogP contribution in [0.5, 0.6) is 5.75 Å². The Hall–Kier alpha value is -3.89. The number of benzene rings is 3. The smallest absolute Gasteiger partial charge is 0.335 e. The molecule has 166 valence electrons. The first kappa shape index (κ1) is 23.8. The highest BCUT2D eigenvalue weighted by Gasteiger charge is 2.14. The van der Waals surface area contributed by atoms with Crippen molar-refractivity contribution in [1.29, 1.82) is 5.26 Å². The van der Waals surface area contributed by atoms with Gasteiger partial charge in [-0.05, 0) is 69.9 Å². The third-order valence-corrected chi connectivity index (χ3v) is 5.47. The van der Waals surface area contributed by atoms with Crippen molar-refractivity contribution in [3.63, 3.8) is 0 Å². The van der Waals surface area contributed by atoms with E-state index in [1.54, 1.807) is 36.4 Å². The van der Waals surface area contributed by atoms with E-state index in [0.29, 0.717) is 15.8 Å². The monoisotopic (exact) mass is 504 g/mol. The van der Waals surface area contributed by atoms with E-state index in [9.17, 15) is 14.9 Å². The van der Waals surface area contributed by atoms with Gasteiger partial charge >= 0.3 is 5.97 Å². The first-order chi connectivity index (χ1) is 15.9. The lowest BCUT2D eigenvalue weighted by atomic mass is 10.1. The van der Waals surface area contributed by atoms with E-state index < -0.39 is 11.9 Å². The molecule has 0 aliphatic carbocycles. The maximum atomic E-state index is 12.6. The van der Waals surface area contributed by atoms with Gasteiger partial charge in [-0.3, -0.25) is 4.79 Å². The fourth-order valence-corrected chi connectivity index (χ4v) is 3.60. The maximum absolute atomic E-state index is 12.6. The normalized spacial score (nSPS) is 11.8. The molecule has 0 aromatic heterocycles. The van der Waals surface area contributed by atoms with E-state index in [-0.39, 0.29) is 23.8 Å². The fourth-order valence-electron chi connectivity index (χ4n) is 3.09. The number of hydrogen-bond donors (Lipinski definition) is 2. The number of halogens is 1. The number of nitrogens with zero attached hydrogens (tertiary/aromatic N) is 1. The number of carbonyl (C=O) groups excluding carboxylic acids is 1. The van der Waals surface area contributed by atoms with Gasteiger partial charge in [-0.25, -0.2) is 4.79 Å². The molecule has 3 aromatic rings. The lowest BCUT2D eigenvalue weighted by Gasteiger charge is -2.14. The minimum Gasteiger partial charge on any atom is -0.488 e. The van der Waals surface area contributed by atoms with Crippen LogP contribution in [0.1, 0.15) is 40.0 Å². The van der Waals surface area contributed by atoms with Crippen LogP contribution in [0.3, 0.4) is 0 Å². The largest absolute Gasteiger partial charge is 0.488 e. The number of aromatic carboxylic acids is 1. The van der Waals surface area contributed by atoms with Crippen molar-refractivity contribution in [1.82, 2.24) is 5.32 Å². The molecule has 0 spiro atoms. The molecule has 0 saturated carbocycles. The summed E-state index contributed by atoms with van der Waals surface area (Å²) in [6.45, 7) is 2.05. The Labute approximate surface area is 200 Å². The number of nitrogens with one attached hydrogen (secondary N) is 1. The van der Waals surface area contributed by atoms with E-state index >= 15 is 0 Å². The van der Waals surface area contributed by atoms with E-state index in [1.807, 2.05) is 43.3 Å². The van der Waals surface area contributed by atoms with Gasteiger partial charge in [0.05, 0.1) is 16.1 Å². The van der Waals surface area contributed by atoms with Gasteiger partial charge in [-0.2, -0.15) is 5.26 Å². The summed E-state index contributed by atoms with van der Waals surface area (Å²) in [7, 11) is 0. The molecule has 0 saturated heterocycles. The van der Waals surface area contributed by atoms with Gasteiger partial charge in [0.25, 0.3) is 5.91 Å². The molecule has 0 fully saturated rings. The fraction of sp³-hybridized carbons (Fsp3) is 0.115. The summed E-state index contributed by atoms with van der Waals surface area (Å²) in [6, 6.07) is 22.9. The molecule has 3 aromatic carbocycles. The highest BCUT2D eigenvalue weighted by atomic mass is 79.9. The van der Waals surface area contributed by atoms with Crippen molar-refractivity contribution in [3.8, 4) is 11.8 Å². The second kappa shape index (κ2) is 11.1. The van der Waals surface area contributed by atoms with Crippen LogP contribution < -0.4 is 10.1 Å². The molecule has 2 N–H and O–H groups in total. The van der Waals surface area contributed by atoms with Gasteiger partial charge in [0.15, 0.2) is 0 Å². The topological polar surface area (TPSA) is 99.4 Å². The Morgan fingerprint density at radius 2 is 1.88 bits per heavy atom. The third kappa shape index (κ3) is 6.55. The van der Waals surface area contributed by atoms with Gasteiger partial charge in [0, 0.05) is 0 Å². The predicted molar refractivity (Wildman–Crippen MR) is 128 cm³/mol. The molecule has 0 aliphatic heterocycles. The average molecular weight is 505 g/mol. The summed E-state index contributed by atoms with van der Waals surface area (Å²) in [5.74, 6) is -0.901. The van der Waals surface area contributed by atoms with Crippen LogP contribution >= 0.6 is 15.9 Å². The first-order valence-electron chi connectivity index (χ1n) is 10.1. The van der Waals surface area contributed by atoms with Crippen molar-refractivity contribution in [3.05, 3.63) is 105 Å². The van der Waals surface area contributed by atoms with Crippen molar-refractivity contribution in [2.75, 3.05) is 0 Å². The van der Waals surface area contributed by atoms with Gasteiger partial charge in [0.1, 0.15) is 24.0 Å². The SMILES string of the molecule is C[C@H](NC(=O)/C(C#N)=C\c1ccc(OCc2cccc(C(=O)O)c2)c(Br)c1)c1ccccc1. The van der Waals surface area contributed by atoms with E-state index in [1.165, 1.54) is 12.1 Å². The number of ether oxygens (including phenoxy) is 1. The Bertz CT molecular complexity index is 1230. The Morgan fingerprint density at radius 3 is 2.55 bits per heavy atom. The number of carboxylic acids is 1. The number of rotatable bonds is 8. The van der Waals surface area contributed by atoms with Crippen LogP contribution in [-0.4, -0.2) is 17.0 Å². The van der Waals surface area contributed by atoms with Crippen LogP contribution in [0.4, 0.5) is 0 Å². The second-order valence-corrected chi connectivity index (χ2v) is 8.11. The van der Waals surface area contributed by atoms with Crippen LogP contribution in [0.2, 0.25) is 0 Å². The molecule has 1 amide bonds. The van der Waals surface area contributed by atoms with Gasteiger partial charge in [-0.15, -0.1) is 0 Å². The number of amides is 1. The molecule has 0 radical (unpaired) electrons. The maximum Gasteiger partial charge on any atom is 0.335 e. The highest BCUT2D eigenvalue weighted by molar-refractivity contribution is 9.10. The zero-order valence-electron chi connectivity index (χ0n) is 17.8. The molecular formula is C26H21BrN2O4.